The van der Waals surface area contributed by atoms with E-state index in [1.807, 2.05) is 0 Å². The second kappa shape index (κ2) is 7.68. The third-order valence-electron chi connectivity index (χ3n) is 5.46. The Morgan fingerprint density at radius 1 is 1.31 bits per heavy atom. The number of carbonyl (C=O) groups excluding carboxylic acids is 1. The summed E-state index contributed by atoms with van der Waals surface area (Å²) in [5, 5.41) is 5.22. The molecule has 3 heterocycles. The maximum Gasteiger partial charge on any atom is 0.247 e. The van der Waals surface area contributed by atoms with Crippen LogP contribution in [-0.2, 0) is 15.1 Å². The average molecular weight is 402 g/mol. The largest absolute Gasteiger partial charge is 0.384 e. The van der Waals surface area contributed by atoms with E-state index >= 15 is 0 Å². The highest BCUT2D eigenvalue weighted by Crippen LogP contribution is 2.34. The molecular formula is C21H27N5O3. The first-order chi connectivity index (χ1) is 15.6. The van der Waals surface area contributed by atoms with Gasteiger partial charge in [0.1, 0.15) is 5.60 Å². The smallest absolute Gasteiger partial charge is 0.247 e. The van der Waals surface area contributed by atoms with Gasteiger partial charge in [-0.25, -0.2) is 9.97 Å². The molecule has 2 aliphatic rings. The summed E-state index contributed by atoms with van der Waals surface area (Å²) >= 11 is 0. The first kappa shape index (κ1) is 15.3. The molecule has 1 saturated carbocycles. The Hall–Kier alpha value is -2.58. The number of methoxy groups -OCH3 is 1. The lowest BCUT2D eigenvalue weighted by atomic mass is 9.91. The van der Waals surface area contributed by atoms with Gasteiger partial charge in [-0.05, 0) is 51.7 Å². The van der Waals surface area contributed by atoms with Crippen molar-refractivity contribution in [3.8, 4) is 11.3 Å². The third kappa shape index (κ3) is 3.95. The highest BCUT2D eigenvalue weighted by atomic mass is 16.5. The Morgan fingerprint density at radius 2 is 2.10 bits per heavy atom. The molecule has 0 aromatic carbocycles. The number of aromatic nitrogens is 3. The molecule has 1 fully saturated rings. The number of carbonyl (C=O) groups is 1. The molecule has 2 N–H and O–H groups in total. The zero-order chi connectivity index (χ0) is 24.0. The second-order valence-corrected chi connectivity index (χ2v) is 7.91. The molecular weight excluding hydrogens is 370 g/mol. The van der Waals surface area contributed by atoms with Crippen molar-refractivity contribution in [3.63, 3.8) is 0 Å². The Labute approximate surface area is 176 Å². The molecule has 1 amide bonds. The fourth-order valence-corrected chi connectivity index (χ4v) is 3.78. The summed E-state index contributed by atoms with van der Waals surface area (Å²) in [4.78, 5) is 27.8. The predicted molar refractivity (Wildman–Crippen MR) is 110 cm³/mol. The molecule has 1 aliphatic carbocycles. The number of hydrogen-bond acceptors (Lipinski definition) is 7. The van der Waals surface area contributed by atoms with E-state index in [1.165, 1.54) is 11.1 Å². The van der Waals surface area contributed by atoms with Gasteiger partial charge in [0.25, 0.3) is 0 Å². The monoisotopic (exact) mass is 401 g/mol. The minimum atomic E-state index is -2.55. The van der Waals surface area contributed by atoms with Gasteiger partial charge in [0.15, 0.2) is 13.0 Å². The van der Waals surface area contributed by atoms with Crippen molar-refractivity contribution in [2.75, 3.05) is 23.8 Å². The first-order valence-electron chi connectivity index (χ1n) is 11.6. The summed E-state index contributed by atoms with van der Waals surface area (Å²) in [6, 6.07) is 3.25. The molecule has 29 heavy (non-hydrogen) atoms. The average Bonchev–Trinajstić information content (AvgIpc) is 2.83. The van der Waals surface area contributed by atoms with Gasteiger partial charge in [0, 0.05) is 24.9 Å². The molecule has 0 radical (unpaired) electrons. The van der Waals surface area contributed by atoms with Crippen LogP contribution in [0.25, 0.3) is 11.3 Å². The topological polar surface area (TPSA) is 100 Å². The zero-order valence-electron chi connectivity index (χ0n) is 20.8. The van der Waals surface area contributed by atoms with Crippen molar-refractivity contribution in [3.05, 3.63) is 30.2 Å². The quantitative estimate of drug-likeness (QED) is 0.794. The lowest BCUT2D eigenvalue weighted by Gasteiger charge is -2.38. The number of aliphatic hydroxyl groups is 1. The minimum Gasteiger partial charge on any atom is -0.384 e. The van der Waals surface area contributed by atoms with Crippen LogP contribution < -0.4 is 10.2 Å². The number of fused-ring (bicyclic) bond motifs is 1. The Bertz CT molecular complexity index is 1030. The van der Waals surface area contributed by atoms with E-state index < -0.39 is 18.0 Å². The van der Waals surface area contributed by atoms with Gasteiger partial charge >= 0.3 is 0 Å². The molecule has 2 aromatic rings. The Morgan fingerprint density at radius 3 is 2.76 bits per heavy atom. The predicted octanol–water partition coefficient (Wildman–Crippen LogP) is 2.48. The van der Waals surface area contributed by atoms with Crippen molar-refractivity contribution >= 4 is 17.5 Å². The van der Waals surface area contributed by atoms with Gasteiger partial charge in [0.2, 0.25) is 7.34 Å². The van der Waals surface area contributed by atoms with Crippen LogP contribution in [0.1, 0.15) is 48.0 Å². The molecule has 2 aromatic heterocycles. The standard InChI is InChI=1S/C21H27N5O3/c1-21(2,28)17-9-4-13(10-22-17)16-11-23-19-20(25-16)26(18(27)12-24-19)14-5-7-15(29-3)8-6-14/h4,9-11,14-15,28H,5-8,12H2,1-3H3,(H,23,24)/i12D2,28D/hD. The molecule has 8 nitrogen and oxygen atoms in total. The molecule has 0 spiro atoms. The van der Waals surface area contributed by atoms with E-state index in [-0.39, 0.29) is 23.8 Å². The maximum atomic E-state index is 13.2. The highest BCUT2D eigenvalue weighted by molar-refractivity contribution is 6.01. The van der Waals surface area contributed by atoms with Crippen LogP contribution in [0.4, 0.5) is 11.6 Å². The minimum absolute atomic E-state index is 0.00877. The maximum absolute atomic E-state index is 13.2. The second-order valence-electron chi connectivity index (χ2n) is 7.91. The molecule has 4 rings (SSSR count). The SMILES string of the molecule is [2H]OC(C)(C)c1ccc(-c2cnc3c(n2)N(C2CCC(OC)CC2)C(=O)C([2H])([2H])N3[2H])cn1. The molecule has 1 aliphatic heterocycles. The molecule has 0 bridgehead atoms. The van der Waals surface area contributed by atoms with Gasteiger partial charge in [-0.15, -0.1) is 0 Å². The molecule has 154 valence electrons. The number of nitrogens with one attached hydrogen (secondary N) is 1. The number of rotatable bonds is 5. The van der Waals surface area contributed by atoms with Crippen LogP contribution in [0.2, 0.25) is 1.41 Å². The first-order valence-corrected chi connectivity index (χ1v) is 9.74. The van der Waals surface area contributed by atoms with Crippen molar-refractivity contribution < 1.29 is 18.8 Å². The van der Waals surface area contributed by atoms with Crippen molar-refractivity contribution in [2.45, 2.75) is 57.3 Å². The number of pyridine rings is 1. The molecule has 0 unspecified atom stereocenters. The summed E-state index contributed by atoms with van der Waals surface area (Å²) in [6.45, 7) is 0.922. The van der Waals surface area contributed by atoms with Crippen LogP contribution in [0.5, 0.6) is 0 Å². The number of amides is 1. The van der Waals surface area contributed by atoms with Gasteiger partial charge in [-0.2, -0.15) is 0 Å². The summed E-state index contributed by atoms with van der Waals surface area (Å²) in [5.74, 6) is -0.659. The van der Waals surface area contributed by atoms with Crippen molar-refractivity contribution in [1.29, 1.82) is 1.43 Å². The lowest BCUT2D eigenvalue weighted by molar-refractivity contribution is -0.118. The van der Waals surface area contributed by atoms with Crippen LogP contribution in [0, 0.1) is 0 Å². The molecule has 8 heteroatoms. The number of hydrogen-bond donors (Lipinski definition) is 2. The molecule has 0 saturated heterocycles. The Kier molecular flexibility index (Phi) is 4.05. The fraction of sp³-hybridized carbons (Fsp3) is 0.524. The van der Waals surface area contributed by atoms with E-state index in [0.29, 0.717) is 35.1 Å². The summed E-state index contributed by atoms with van der Waals surface area (Å²) in [5.41, 5.74) is 0.776. The summed E-state index contributed by atoms with van der Waals surface area (Å²) in [6.07, 6.45) is 5.92. The van der Waals surface area contributed by atoms with Gasteiger partial charge < -0.3 is 15.2 Å². The normalized spacial score (nSPS) is 26.2. The number of ether oxygens (including phenoxy) is 1. The third-order valence-corrected chi connectivity index (χ3v) is 5.46. The number of anilines is 2. The van der Waals surface area contributed by atoms with E-state index in [2.05, 4.69) is 15.0 Å². The fourth-order valence-electron chi connectivity index (χ4n) is 3.78. The van der Waals surface area contributed by atoms with Crippen molar-refractivity contribution in [2.24, 2.45) is 0 Å². The number of nitrogens with zero attached hydrogens (tertiary/aromatic N) is 4. The van der Waals surface area contributed by atoms with Crippen LogP contribution >= 0.6 is 0 Å². The van der Waals surface area contributed by atoms with E-state index in [9.17, 15) is 4.79 Å². The lowest BCUT2D eigenvalue weighted by Crippen LogP contribution is -2.49. The van der Waals surface area contributed by atoms with E-state index in [0.717, 1.165) is 12.8 Å². The summed E-state index contributed by atoms with van der Waals surface area (Å²) in [7, 11) is 1.66. The van der Waals surface area contributed by atoms with Gasteiger partial charge in [0.05, 0.1) is 32.9 Å². The summed E-state index contributed by atoms with van der Waals surface area (Å²) < 4.78 is 37.2. The van der Waals surface area contributed by atoms with Crippen LogP contribution in [0.15, 0.2) is 24.5 Å². The van der Waals surface area contributed by atoms with E-state index in [4.69, 9.17) is 15.4 Å². The highest BCUT2D eigenvalue weighted by Gasteiger charge is 2.35. The zero-order valence-corrected chi connectivity index (χ0v) is 16.8. The van der Waals surface area contributed by atoms with E-state index in [1.54, 1.807) is 39.3 Å². The van der Waals surface area contributed by atoms with Gasteiger partial charge in [-0.1, -0.05) is 0 Å². The Balaban J connectivity index is 1.73. The van der Waals surface area contributed by atoms with Crippen LogP contribution in [0.3, 0.4) is 0 Å². The van der Waals surface area contributed by atoms with Gasteiger partial charge in [-0.3, -0.25) is 14.7 Å². The molecule has 0 atom stereocenters. The van der Waals surface area contributed by atoms with Crippen molar-refractivity contribution in [1.82, 2.24) is 15.0 Å². The van der Waals surface area contributed by atoms with Crippen LogP contribution in [-0.4, -0.2) is 53.2 Å².